The number of anilines is 1. The third-order valence-electron chi connectivity index (χ3n) is 6.35. The summed E-state index contributed by atoms with van der Waals surface area (Å²) in [5, 5.41) is 3.04. The van der Waals surface area contributed by atoms with E-state index in [9.17, 15) is 22.0 Å². The minimum atomic E-state index is -3.37. The van der Waals surface area contributed by atoms with Crippen LogP contribution in [0.1, 0.15) is 70.2 Å². The van der Waals surface area contributed by atoms with Crippen molar-refractivity contribution in [1.82, 2.24) is 5.32 Å². The van der Waals surface area contributed by atoms with Crippen LogP contribution in [0.15, 0.2) is 36.4 Å². The number of amides is 1. The van der Waals surface area contributed by atoms with Crippen molar-refractivity contribution in [2.24, 2.45) is 5.92 Å². The van der Waals surface area contributed by atoms with Crippen molar-refractivity contribution in [1.29, 1.82) is 0 Å². The maximum Gasteiger partial charge on any atom is 0.229 e. The molecule has 0 radical (unpaired) electrons. The number of hydrogen-bond acceptors (Lipinski definition) is 3. The average Bonchev–Trinajstić information content (AvgIpc) is 3.37. The first-order chi connectivity index (χ1) is 15.2. The van der Waals surface area contributed by atoms with Gasteiger partial charge in [0.05, 0.1) is 12.3 Å². The van der Waals surface area contributed by atoms with E-state index in [1.807, 2.05) is 13.8 Å². The third kappa shape index (κ3) is 5.54. The number of benzene rings is 2. The molecular weight excluding hydrogens is 446 g/mol. The van der Waals surface area contributed by atoms with Crippen molar-refractivity contribution < 1.29 is 22.0 Å². The van der Waals surface area contributed by atoms with E-state index in [0.717, 1.165) is 11.8 Å². The summed E-state index contributed by atoms with van der Waals surface area (Å²) in [6, 6.07) is 9.30. The van der Waals surface area contributed by atoms with E-state index < -0.39 is 32.5 Å². The predicted octanol–water partition coefficient (Wildman–Crippen LogP) is 5.18. The van der Waals surface area contributed by atoms with E-state index in [0.29, 0.717) is 24.1 Å². The highest BCUT2D eigenvalue weighted by atomic mass is 32.2. The predicted molar refractivity (Wildman–Crippen MR) is 127 cm³/mol. The normalized spacial score (nSPS) is 21.4. The first-order valence-electron chi connectivity index (χ1n) is 11.0. The van der Waals surface area contributed by atoms with E-state index in [4.69, 9.17) is 0 Å². The highest BCUT2D eigenvalue weighted by Crippen LogP contribution is 2.55. The van der Waals surface area contributed by atoms with Crippen LogP contribution in [-0.4, -0.2) is 20.6 Å². The second-order valence-electron chi connectivity index (χ2n) is 10.2. The third-order valence-corrected chi connectivity index (χ3v) is 6.95. The SMILES string of the molecule is CCC(NC(=O)C1CC1(C)c1cc(F)c(C(C)(C)C)c(F)c1)c1ccc(NS(C)(=O)=O)cc1. The zero-order chi connectivity index (χ0) is 24.8. The lowest BCUT2D eigenvalue weighted by molar-refractivity contribution is -0.123. The summed E-state index contributed by atoms with van der Waals surface area (Å²) in [7, 11) is -3.37. The lowest BCUT2D eigenvalue weighted by Gasteiger charge is -2.23. The molecule has 1 aliphatic carbocycles. The largest absolute Gasteiger partial charge is 0.349 e. The molecule has 0 aromatic heterocycles. The van der Waals surface area contributed by atoms with Gasteiger partial charge in [-0.05, 0) is 53.6 Å². The molecule has 1 saturated carbocycles. The molecule has 1 fully saturated rings. The molecule has 8 heteroatoms. The van der Waals surface area contributed by atoms with Crippen LogP contribution < -0.4 is 10.0 Å². The van der Waals surface area contributed by atoms with Gasteiger partial charge in [0.25, 0.3) is 0 Å². The van der Waals surface area contributed by atoms with Crippen molar-refractivity contribution in [2.45, 2.75) is 64.3 Å². The molecule has 1 amide bonds. The molecular formula is C25H32F2N2O3S. The number of nitrogens with one attached hydrogen (secondary N) is 2. The van der Waals surface area contributed by atoms with Gasteiger partial charge in [-0.2, -0.15) is 0 Å². The number of halogens is 2. The van der Waals surface area contributed by atoms with E-state index in [1.54, 1.807) is 45.0 Å². The quantitative estimate of drug-likeness (QED) is 0.576. The molecule has 3 rings (SSSR count). The number of hydrogen-bond donors (Lipinski definition) is 2. The molecule has 0 saturated heterocycles. The fourth-order valence-corrected chi connectivity index (χ4v) is 4.94. The van der Waals surface area contributed by atoms with Gasteiger partial charge < -0.3 is 5.32 Å². The summed E-state index contributed by atoms with van der Waals surface area (Å²) in [4.78, 5) is 13.0. The lowest BCUT2D eigenvalue weighted by atomic mass is 9.83. The number of rotatable bonds is 7. The fraction of sp³-hybridized carbons (Fsp3) is 0.480. The van der Waals surface area contributed by atoms with Crippen LogP contribution in [0.2, 0.25) is 0 Å². The monoisotopic (exact) mass is 478 g/mol. The van der Waals surface area contributed by atoms with Gasteiger partial charge in [-0.1, -0.05) is 46.8 Å². The molecule has 0 heterocycles. The Morgan fingerprint density at radius 2 is 1.70 bits per heavy atom. The first-order valence-corrected chi connectivity index (χ1v) is 12.9. The average molecular weight is 479 g/mol. The van der Waals surface area contributed by atoms with Gasteiger partial charge in [-0.15, -0.1) is 0 Å². The molecule has 1 aliphatic rings. The molecule has 0 spiro atoms. The van der Waals surface area contributed by atoms with Crippen LogP contribution >= 0.6 is 0 Å². The highest BCUT2D eigenvalue weighted by molar-refractivity contribution is 7.92. The van der Waals surface area contributed by atoms with E-state index >= 15 is 0 Å². The molecule has 0 bridgehead atoms. The fourth-order valence-electron chi connectivity index (χ4n) is 4.38. The second kappa shape index (κ2) is 8.70. The summed E-state index contributed by atoms with van der Waals surface area (Å²) in [6.07, 6.45) is 2.23. The van der Waals surface area contributed by atoms with Crippen molar-refractivity contribution in [3.8, 4) is 0 Å². The summed E-state index contributed by atoms with van der Waals surface area (Å²) >= 11 is 0. The van der Waals surface area contributed by atoms with Gasteiger partial charge in [0, 0.05) is 22.6 Å². The summed E-state index contributed by atoms with van der Waals surface area (Å²) in [5.74, 6) is -1.71. The number of carbonyl (C=O) groups is 1. The summed E-state index contributed by atoms with van der Waals surface area (Å²) in [5.41, 5.74) is 0.559. The molecule has 3 unspecified atom stereocenters. The molecule has 180 valence electrons. The van der Waals surface area contributed by atoms with Crippen molar-refractivity contribution >= 4 is 21.6 Å². The van der Waals surface area contributed by atoms with Crippen molar-refractivity contribution in [3.63, 3.8) is 0 Å². The molecule has 2 aromatic carbocycles. The maximum atomic E-state index is 14.7. The van der Waals surface area contributed by atoms with Gasteiger partial charge >= 0.3 is 0 Å². The summed E-state index contributed by atoms with van der Waals surface area (Å²) < 4.78 is 54.6. The maximum absolute atomic E-state index is 14.7. The second-order valence-corrected chi connectivity index (χ2v) is 12.0. The molecule has 2 N–H and O–H groups in total. The molecule has 2 aromatic rings. The first kappa shape index (κ1) is 25.1. The number of carbonyl (C=O) groups excluding carboxylic acids is 1. The highest BCUT2D eigenvalue weighted by Gasteiger charge is 2.56. The molecule has 3 atom stereocenters. The van der Waals surface area contributed by atoms with Crippen LogP contribution in [0, 0.1) is 17.6 Å². The Labute approximate surface area is 195 Å². The minimum absolute atomic E-state index is 0.0522. The van der Waals surface area contributed by atoms with Crippen LogP contribution in [0.4, 0.5) is 14.5 Å². The number of sulfonamides is 1. The zero-order valence-electron chi connectivity index (χ0n) is 19.9. The van der Waals surface area contributed by atoms with Crippen molar-refractivity contribution in [3.05, 3.63) is 64.7 Å². The van der Waals surface area contributed by atoms with Gasteiger partial charge in [-0.25, -0.2) is 17.2 Å². The standard InChI is InChI=1S/C25H32F2N2O3S/c1-7-21(15-8-10-17(11-9-15)29-33(6,31)32)28-23(30)18-14-25(18,5)16-12-19(26)22(20(27)13-16)24(2,3)4/h8-13,18,21,29H,7,14H2,1-6H3,(H,28,30). The topological polar surface area (TPSA) is 75.3 Å². The van der Waals surface area contributed by atoms with E-state index in [-0.39, 0.29) is 23.4 Å². The van der Waals surface area contributed by atoms with E-state index in [1.165, 1.54) is 12.1 Å². The molecule has 0 aliphatic heterocycles. The zero-order valence-corrected chi connectivity index (χ0v) is 20.7. The Morgan fingerprint density at radius 3 is 2.15 bits per heavy atom. The van der Waals surface area contributed by atoms with E-state index in [2.05, 4.69) is 10.0 Å². The van der Waals surface area contributed by atoms with Gasteiger partial charge in [0.2, 0.25) is 15.9 Å². The molecule has 33 heavy (non-hydrogen) atoms. The Balaban J connectivity index is 1.74. The molecule has 5 nitrogen and oxygen atoms in total. The smallest absolute Gasteiger partial charge is 0.229 e. The summed E-state index contributed by atoms with van der Waals surface area (Å²) in [6.45, 7) is 9.08. The van der Waals surface area contributed by atoms with Gasteiger partial charge in [-0.3, -0.25) is 9.52 Å². The van der Waals surface area contributed by atoms with Crippen LogP contribution in [-0.2, 0) is 25.6 Å². The van der Waals surface area contributed by atoms with Crippen molar-refractivity contribution in [2.75, 3.05) is 11.0 Å². The minimum Gasteiger partial charge on any atom is -0.349 e. The van der Waals surface area contributed by atoms with Crippen LogP contribution in [0.25, 0.3) is 0 Å². The van der Waals surface area contributed by atoms with Gasteiger partial charge in [0.1, 0.15) is 11.6 Å². The van der Waals surface area contributed by atoms with Crippen LogP contribution in [0.5, 0.6) is 0 Å². The lowest BCUT2D eigenvalue weighted by Crippen LogP contribution is -2.31. The Kier molecular flexibility index (Phi) is 6.63. The Hall–Kier alpha value is -2.48. The Morgan fingerprint density at radius 1 is 1.15 bits per heavy atom. The van der Waals surface area contributed by atoms with Gasteiger partial charge in [0.15, 0.2) is 0 Å². The van der Waals surface area contributed by atoms with Crippen LogP contribution in [0.3, 0.4) is 0 Å². The Bertz CT molecular complexity index is 1130.